The molecular weight excluding hydrogens is 463 g/mol. The lowest BCUT2D eigenvalue weighted by Crippen LogP contribution is -2.29. The standard InChI is InChI=1S/C27H27FN4O2S/c1-2-20(21-11-5-3-6-12-21)17-29-26(33)19-35-27-31-30-25(32(27)22-13-7-4-8-14-22)18-34-24-16-10-9-15-23(24)28/h3-16,20H,2,17-19H2,1H3,(H,29,33)/t20-/m1/s1. The second-order valence-electron chi connectivity index (χ2n) is 7.90. The summed E-state index contributed by atoms with van der Waals surface area (Å²) in [6.45, 7) is 2.73. The van der Waals surface area contributed by atoms with Crippen LogP contribution < -0.4 is 10.1 Å². The number of rotatable bonds is 11. The lowest BCUT2D eigenvalue weighted by molar-refractivity contribution is -0.118. The summed E-state index contributed by atoms with van der Waals surface area (Å²) in [4.78, 5) is 12.6. The van der Waals surface area contributed by atoms with E-state index in [0.29, 0.717) is 17.5 Å². The van der Waals surface area contributed by atoms with Crippen LogP contribution in [0.25, 0.3) is 5.69 Å². The van der Waals surface area contributed by atoms with E-state index in [2.05, 4.69) is 34.6 Å². The fourth-order valence-electron chi connectivity index (χ4n) is 3.67. The minimum absolute atomic E-state index is 0.0326. The Kier molecular flexibility index (Phi) is 8.51. The molecule has 1 atom stereocenters. The fraction of sp³-hybridized carbons (Fsp3) is 0.222. The van der Waals surface area contributed by atoms with Crippen molar-refractivity contribution in [2.75, 3.05) is 12.3 Å². The molecule has 0 aliphatic carbocycles. The molecule has 35 heavy (non-hydrogen) atoms. The summed E-state index contributed by atoms with van der Waals surface area (Å²) in [6.07, 6.45) is 0.936. The van der Waals surface area contributed by atoms with Gasteiger partial charge >= 0.3 is 0 Å². The van der Waals surface area contributed by atoms with Crippen molar-refractivity contribution in [3.63, 3.8) is 0 Å². The summed E-state index contributed by atoms with van der Waals surface area (Å²) in [5, 5.41) is 12.1. The van der Waals surface area contributed by atoms with Gasteiger partial charge in [0.25, 0.3) is 0 Å². The molecule has 4 rings (SSSR count). The predicted octanol–water partition coefficient (Wildman–Crippen LogP) is 5.39. The molecule has 1 amide bonds. The molecule has 0 saturated heterocycles. The Balaban J connectivity index is 1.42. The summed E-state index contributed by atoms with van der Waals surface area (Å²) < 4.78 is 21.5. The monoisotopic (exact) mass is 490 g/mol. The third-order valence-corrected chi connectivity index (χ3v) is 6.48. The number of carbonyl (C=O) groups excluding carboxylic acids is 1. The number of aromatic nitrogens is 3. The van der Waals surface area contributed by atoms with E-state index >= 15 is 0 Å². The average Bonchev–Trinajstić information content (AvgIpc) is 3.31. The Morgan fingerprint density at radius 2 is 1.69 bits per heavy atom. The number of amides is 1. The molecule has 0 unspecified atom stereocenters. The van der Waals surface area contributed by atoms with Gasteiger partial charge in [-0.05, 0) is 36.2 Å². The molecule has 180 valence electrons. The molecule has 4 aromatic rings. The quantitative estimate of drug-likeness (QED) is 0.286. The zero-order valence-corrected chi connectivity index (χ0v) is 20.2. The third kappa shape index (κ3) is 6.48. The smallest absolute Gasteiger partial charge is 0.230 e. The molecule has 0 radical (unpaired) electrons. The lowest BCUT2D eigenvalue weighted by Gasteiger charge is -2.16. The number of nitrogens with one attached hydrogen (secondary N) is 1. The van der Waals surface area contributed by atoms with Crippen molar-refractivity contribution < 1.29 is 13.9 Å². The number of ether oxygens (including phenoxy) is 1. The van der Waals surface area contributed by atoms with Crippen molar-refractivity contribution in [3.05, 3.63) is 102 Å². The minimum atomic E-state index is -0.439. The largest absolute Gasteiger partial charge is 0.483 e. The first-order valence-electron chi connectivity index (χ1n) is 11.5. The number of carbonyl (C=O) groups is 1. The van der Waals surface area contributed by atoms with Gasteiger partial charge < -0.3 is 10.1 Å². The average molecular weight is 491 g/mol. The number of hydrogen-bond donors (Lipinski definition) is 1. The van der Waals surface area contributed by atoms with Crippen molar-refractivity contribution in [2.24, 2.45) is 0 Å². The molecule has 3 aromatic carbocycles. The van der Waals surface area contributed by atoms with Gasteiger partial charge in [-0.25, -0.2) is 4.39 Å². The van der Waals surface area contributed by atoms with Crippen LogP contribution in [0.1, 0.15) is 30.7 Å². The van der Waals surface area contributed by atoms with Gasteiger partial charge in [0.1, 0.15) is 6.61 Å². The second kappa shape index (κ2) is 12.2. The van der Waals surface area contributed by atoms with E-state index in [-0.39, 0.29) is 29.9 Å². The van der Waals surface area contributed by atoms with Crippen molar-refractivity contribution >= 4 is 17.7 Å². The molecule has 0 spiro atoms. The Labute approximate surface area is 208 Å². The molecule has 1 N–H and O–H groups in total. The molecule has 6 nitrogen and oxygen atoms in total. The van der Waals surface area contributed by atoms with Gasteiger partial charge in [0.05, 0.1) is 5.75 Å². The van der Waals surface area contributed by atoms with Crippen molar-refractivity contribution in [1.82, 2.24) is 20.1 Å². The van der Waals surface area contributed by atoms with Crippen LogP contribution in [0.15, 0.2) is 90.1 Å². The number of nitrogens with zero attached hydrogens (tertiary/aromatic N) is 3. The first kappa shape index (κ1) is 24.5. The van der Waals surface area contributed by atoms with Gasteiger partial charge in [0.15, 0.2) is 22.5 Å². The van der Waals surface area contributed by atoms with E-state index in [4.69, 9.17) is 4.74 Å². The number of thioether (sulfide) groups is 1. The van der Waals surface area contributed by atoms with Crippen LogP contribution in [0.5, 0.6) is 5.75 Å². The summed E-state index contributed by atoms with van der Waals surface area (Å²) in [7, 11) is 0. The minimum Gasteiger partial charge on any atom is -0.483 e. The summed E-state index contributed by atoms with van der Waals surface area (Å²) in [6, 6.07) is 26.0. The summed E-state index contributed by atoms with van der Waals surface area (Å²) in [5.41, 5.74) is 2.05. The van der Waals surface area contributed by atoms with Crippen LogP contribution in [-0.4, -0.2) is 33.0 Å². The van der Waals surface area contributed by atoms with Crippen LogP contribution >= 0.6 is 11.8 Å². The molecule has 0 saturated carbocycles. The second-order valence-corrected chi connectivity index (χ2v) is 8.84. The molecule has 8 heteroatoms. The van der Waals surface area contributed by atoms with Crippen LogP contribution in [-0.2, 0) is 11.4 Å². The highest BCUT2D eigenvalue weighted by Crippen LogP contribution is 2.24. The highest BCUT2D eigenvalue weighted by Gasteiger charge is 2.18. The van der Waals surface area contributed by atoms with Gasteiger partial charge in [0.2, 0.25) is 5.91 Å². The number of hydrogen-bond acceptors (Lipinski definition) is 5. The number of para-hydroxylation sites is 2. The Bertz CT molecular complexity index is 1230. The zero-order valence-electron chi connectivity index (χ0n) is 19.4. The van der Waals surface area contributed by atoms with E-state index in [9.17, 15) is 9.18 Å². The molecule has 0 aliphatic heterocycles. The Hall–Kier alpha value is -3.65. The van der Waals surface area contributed by atoms with Crippen molar-refractivity contribution in [3.8, 4) is 11.4 Å². The van der Waals surface area contributed by atoms with E-state index in [1.807, 2.05) is 53.1 Å². The van der Waals surface area contributed by atoms with Gasteiger partial charge in [-0.15, -0.1) is 10.2 Å². The maximum atomic E-state index is 14.0. The van der Waals surface area contributed by atoms with E-state index in [0.717, 1.165) is 12.1 Å². The molecule has 1 aromatic heterocycles. The first-order valence-corrected chi connectivity index (χ1v) is 12.5. The van der Waals surface area contributed by atoms with Crippen molar-refractivity contribution in [2.45, 2.75) is 31.0 Å². The van der Waals surface area contributed by atoms with Crippen LogP contribution in [0.4, 0.5) is 4.39 Å². The molecule has 0 bridgehead atoms. The maximum Gasteiger partial charge on any atom is 0.230 e. The van der Waals surface area contributed by atoms with E-state index in [1.165, 1.54) is 23.4 Å². The SMILES string of the molecule is CC[C@H](CNC(=O)CSc1nnc(COc2ccccc2F)n1-c1ccccc1)c1ccccc1. The normalized spacial score (nSPS) is 11.7. The third-order valence-electron chi connectivity index (χ3n) is 5.55. The van der Waals surface area contributed by atoms with Gasteiger partial charge in [-0.2, -0.15) is 0 Å². The Morgan fingerprint density at radius 3 is 2.40 bits per heavy atom. The topological polar surface area (TPSA) is 69.0 Å². The molecular formula is C27H27FN4O2S. The molecule has 0 aliphatic rings. The highest BCUT2D eigenvalue weighted by molar-refractivity contribution is 7.99. The maximum absolute atomic E-state index is 14.0. The highest BCUT2D eigenvalue weighted by atomic mass is 32.2. The number of benzene rings is 3. The van der Waals surface area contributed by atoms with Gasteiger partial charge in [-0.3, -0.25) is 9.36 Å². The molecule has 1 heterocycles. The van der Waals surface area contributed by atoms with Crippen LogP contribution in [0.2, 0.25) is 0 Å². The zero-order chi connectivity index (χ0) is 24.5. The van der Waals surface area contributed by atoms with Crippen molar-refractivity contribution in [1.29, 1.82) is 0 Å². The number of halogens is 1. The fourth-order valence-corrected chi connectivity index (χ4v) is 4.47. The summed E-state index contributed by atoms with van der Waals surface area (Å²) >= 11 is 1.30. The van der Waals surface area contributed by atoms with Crippen LogP contribution in [0, 0.1) is 5.82 Å². The van der Waals surface area contributed by atoms with E-state index in [1.54, 1.807) is 18.2 Å². The first-order chi connectivity index (χ1) is 17.2. The van der Waals surface area contributed by atoms with Crippen LogP contribution in [0.3, 0.4) is 0 Å². The molecule has 0 fully saturated rings. The summed E-state index contributed by atoms with van der Waals surface area (Å²) in [5.74, 6) is 0.608. The Morgan fingerprint density at radius 1 is 1.00 bits per heavy atom. The van der Waals surface area contributed by atoms with E-state index < -0.39 is 5.82 Å². The van der Waals surface area contributed by atoms with Gasteiger partial charge in [-0.1, -0.05) is 79.3 Å². The lowest BCUT2D eigenvalue weighted by atomic mass is 9.96. The predicted molar refractivity (Wildman–Crippen MR) is 135 cm³/mol. The van der Waals surface area contributed by atoms with Gasteiger partial charge in [0, 0.05) is 18.2 Å².